The number of nitrogens with one attached hydrogen (secondary N) is 1. The van der Waals surface area contributed by atoms with E-state index in [9.17, 15) is 19.1 Å². The molecule has 2 aromatic carbocycles. The fraction of sp³-hybridized carbons (Fsp3) is 0.464. The smallest absolute Gasteiger partial charge is 0.329 e. The van der Waals surface area contributed by atoms with Crippen LogP contribution in [0, 0.1) is 11.2 Å². The van der Waals surface area contributed by atoms with Crippen LogP contribution >= 0.6 is 0 Å². The molecular weight excluding hydrogens is 493 g/mol. The van der Waals surface area contributed by atoms with Crippen molar-refractivity contribution in [2.24, 2.45) is 0 Å². The molecular formula is C28H34FN3O6. The Kier molecular flexibility index (Phi) is 7.64. The number of halogens is 1. The Morgan fingerprint density at radius 3 is 2.61 bits per heavy atom. The summed E-state index contributed by atoms with van der Waals surface area (Å²) in [6.07, 6.45) is 0.289. The van der Waals surface area contributed by atoms with Gasteiger partial charge in [0.2, 0.25) is 0 Å². The molecule has 4 rings (SSSR count). The molecule has 10 heteroatoms. The second-order valence-corrected chi connectivity index (χ2v) is 10.7. The number of carboxylic acids is 1. The third-order valence-electron chi connectivity index (χ3n) is 6.85. The van der Waals surface area contributed by atoms with Crippen molar-refractivity contribution >= 4 is 23.3 Å². The summed E-state index contributed by atoms with van der Waals surface area (Å²) in [6.45, 7) is 8.62. The highest BCUT2D eigenvalue weighted by Crippen LogP contribution is 2.41. The number of carbonyl (C=O) groups is 2. The molecule has 1 atom stereocenters. The highest BCUT2D eigenvalue weighted by molar-refractivity contribution is 6.06. The first kappa shape index (κ1) is 27.4. The number of anilines is 1. The summed E-state index contributed by atoms with van der Waals surface area (Å²) in [5, 5.41) is 28.6. The lowest BCUT2D eigenvalue weighted by Crippen LogP contribution is -2.31. The van der Waals surface area contributed by atoms with E-state index in [1.807, 2.05) is 25.7 Å². The van der Waals surface area contributed by atoms with E-state index in [2.05, 4.69) is 0 Å². The minimum absolute atomic E-state index is 0.0538. The van der Waals surface area contributed by atoms with Gasteiger partial charge in [0.05, 0.1) is 30.5 Å². The first-order chi connectivity index (χ1) is 17.9. The van der Waals surface area contributed by atoms with Crippen molar-refractivity contribution in [3.05, 3.63) is 52.3 Å². The molecule has 0 saturated carbocycles. The molecule has 0 amide bonds. The Morgan fingerprint density at radius 2 is 1.95 bits per heavy atom. The van der Waals surface area contributed by atoms with Crippen molar-refractivity contribution in [3.63, 3.8) is 0 Å². The lowest BCUT2D eigenvalue weighted by Gasteiger charge is -2.27. The number of rotatable bonds is 9. The molecule has 1 unspecified atom stereocenters. The molecule has 0 radical (unpaired) electrons. The predicted molar refractivity (Wildman–Crippen MR) is 140 cm³/mol. The molecule has 1 fully saturated rings. The quantitative estimate of drug-likeness (QED) is 0.419. The van der Waals surface area contributed by atoms with Crippen LogP contribution in [0.5, 0.6) is 11.5 Å². The van der Waals surface area contributed by atoms with Gasteiger partial charge in [-0.15, -0.1) is 0 Å². The summed E-state index contributed by atoms with van der Waals surface area (Å²) in [5.41, 5.74) is 1.75. The fourth-order valence-electron chi connectivity index (χ4n) is 4.98. The summed E-state index contributed by atoms with van der Waals surface area (Å²) < 4.78 is 25.6. The van der Waals surface area contributed by atoms with E-state index >= 15 is 0 Å². The Morgan fingerprint density at radius 1 is 1.21 bits per heavy atom. The van der Waals surface area contributed by atoms with Crippen LogP contribution in [0.2, 0.25) is 0 Å². The van der Waals surface area contributed by atoms with Gasteiger partial charge < -0.3 is 29.5 Å². The number of hydrogen-bond donors (Lipinski definition) is 3. The van der Waals surface area contributed by atoms with Gasteiger partial charge in [-0.1, -0.05) is 20.8 Å². The number of aliphatic carboxylic acids is 1. The van der Waals surface area contributed by atoms with Crippen LogP contribution in [0.1, 0.15) is 61.2 Å². The molecule has 2 aromatic rings. The summed E-state index contributed by atoms with van der Waals surface area (Å²) in [6, 6.07) is 6.27. The number of phenolic OH excluding ortho intramolecular Hbond substituents is 1. The van der Waals surface area contributed by atoms with Gasteiger partial charge in [-0.25, -0.2) is 9.18 Å². The minimum Gasteiger partial charge on any atom is -0.505 e. The van der Waals surface area contributed by atoms with Crippen LogP contribution in [-0.4, -0.2) is 71.7 Å². The number of nitrogens with zero attached hydrogens (tertiary/aromatic N) is 2. The molecule has 38 heavy (non-hydrogen) atoms. The van der Waals surface area contributed by atoms with Crippen molar-refractivity contribution in [3.8, 4) is 11.5 Å². The number of phenols is 1. The molecule has 0 aromatic heterocycles. The maximum absolute atomic E-state index is 14.7. The van der Waals surface area contributed by atoms with Gasteiger partial charge in [0.1, 0.15) is 29.8 Å². The van der Waals surface area contributed by atoms with Crippen LogP contribution in [0.3, 0.4) is 0 Å². The monoisotopic (exact) mass is 527 g/mol. The van der Waals surface area contributed by atoms with E-state index in [-0.39, 0.29) is 42.1 Å². The van der Waals surface area contributed by atoms with Gasteiger partial charge in [-0.2, -0.15) is 0 Å². The van der Waals surface area contributed by atoms with Crippen LogP contribution in [0.4, 0.5) is 10.1 Å². The fourth-order valence-corrected chi connectivity index (χ4v) is 4.98. The third-order valence-corrected chi connectivity index (χ3v) is 6.85. The number of carbonyl (C=O) groups excluding carboxylic acids is 1. The third kappa shape index (κ3) is 5.60. The Balaban J connectivity index is 1.58. The number of aromatic hydroxyl groups is 1. The van der Waals surface area contributed by atoms with Crippen molar-refractivity contribution in [1.29, 1.82) is 5.41 Å². The Labute approximate surface area is 221 Å². The molecule has 0 aliphatic carbocycles. The minimum atomic E-state index is -1.04. The zero-order valence-corrected chi connectivity index (χ0v) is 22.1. The average Bonchev–Trinajstić information content (AvgIpc) is 3.42. The molecule has 1 saturated heterocycles. The lowest BCUT2D eigenvalue weighted by molar-refractivity contribution is -0.143. The summed E-state index contributed by atoms with van der Waals surface area (Å²) >= 11 is 0. The van der Waals surface area contributed by atoms with Crippen LogP contribution in [0.15, 0.2) is 24.3 Å². The van der Waals surface area contributed by atoms with E-state index in [0.29, 0.717) is 54.2 Å². The van der Waals surface area contributed by atoms with Crippen LogP contribution < -0.4 is 9.64 Å². The Bertz CT molecular complexity index is 1270. The Hall–Kier alpha value is -3.66. The van der Waals surface area contributed by atoms with Gasteiger partial charge in [0, 0.05) is 36.8 Å². The first-order valence-corrected chi connectivity index (χ1v) is 12.7. The van der Waals surface area contributed by atoms with Gasteiger partial charge >= 0.3 is 5.97 Å². The van der Waals surface area contributed by atoms with Gasteiger partial charge in [-0.05, 0) is 42.5 Å². The molecule has 2 heterocycles. The van der Waals surface area contributed by atoms with E-state index in [1.165, 1.54) is 11.0 Å². The molecule has 2 aliphatic rings. The normalized spacial score (nSPS) is 17.2. The highest BCUT2D eigenvalue weighted by atomic mass is 19.1. The topological polar surface area (TPSA) is 123 Å². The molecule has 3 N–H and O–H groups in total. The van der Waals surface area contributed by atoms with E-state index < -0.39 is 23.8 Å². The van der Waals surface area contributed by atoms with E-state index in [1.54, 1.807) is 25.1 Å². The molecule has 2 aliphatic heterocycles. The van der Waals surface area contributed by atoms with Crippen molar-refractivity contribution in [1.82, 2.24) is 4.90 Å². The maximum Gasteiger partial charge on any atom is 0.329 e. The van der Waals surface area contributed by atoms with Crippen LogP contribution in [-0.2, 0) is 21.5 Å². The highest BCUT2D eigenvalue weighted by Gasteiger charge is 2.32. The van der Waals surface area contributed by atoms with Gasteiger partial charge in [0.15, 0.2) is 5.78 Å². The standard InChI is InChI=1S/C28H34FN3O6/c1-5-37-19-8-17-12-32(27(30)25(17)21(29)11-19)14-23(33)16-9-20(28(2,3)4)26(36)22(10-16)31-7-6-18(13-31)38-15-24(34)35/h8-11,18,30,36H,5-7,12-15H2,1-4H3,(H,34,35). The molecule has 9 nitrogen and oxygen atoms in total. The second-order valence-electron chi connectivity index (χ2n) is 10.7. The van der Waals surface area contributed by atoms with Gasteiger partial charge in [0.25, 0.3) is 0 Å². The SMILES string of the molecule is CCOc1cc(F)c2c(c1)CN(CC(=O)c1cc(N3CCC(OCC(=O)O)C3)c(O)c(C(C)(C)C)c1)C2=N. The maximum atomic E-state index is 14.7. The lowest BCUT2D eigenvalue weighted by atomic mass is 9.84. The van der Waals surface area contributed by atoms with Crippen molar-refractivity contribution in [2.75, 3.05) is 37.7 Å². The molecule has 0 bridgehead atoms. The summed E-state index contributed by atoms with van der Waals surface area (Å²) in [7, 11) is 0. The number of Topliss-reactive ketones (excluding diaryl/α,β-unsaturated/α-hetero) is 1. The second kappa shape index (κ2) is 10.6. The molecule has 0 spiro atoms. The predicted octanol–water partition coefficient (Wildman–Crippen LogP) is 3.93. The van der Waals surface area contributed by atoms with Gasteiger partial charge in [-0.3, -0.25) is 10.2 Å². The number of carboxylic acid groups (broad SMARTS) is 1. The average molecular weight is 528 g/mol. The zero-order valence-electron chi connectivity index (χ0n) is 22.1. The van der Waals surface area contributed by atoms with E-state index in [0.717, 1.165) is 0 Å². The zero-order chi connectivity index (χ0) is 27.8. The number of ketones is 1. The van der Waals surface area contributed by atoms with Crippen molar-refractivity contribution < 1.29 is 33.7 Å². The van der Waals surface area contributed by atoms with Crippen LogP contribution in [0.25, 0.3) is 0 Å². The summed E-state index contributed by atoms with van der Waals surface area (Å²) in [4.78, 5) is 27.8. The van der Waals surface area contributed by atoms with E-state index in [4.69, 9.17) is 20.0 Å². The number of benzene rings is 2. The number of ether oxygens (including phenoxy) is 2. The number of fused-ring (bicyclic) bond motifs is 1. The first-order valence-electron chi connectivity index (χ1n) is 12.7. The summed E-state index contributed by atoms with van der Waals surface area (Å²) in [5.74, 6) is -1.46. The number of amidine groups is 1. The molecule has 204 valence electrons. The number of hydrogen-bond acceptors (Lipinski definition) is 7. The largest absolute Gasteiger partial charge is 0.505 e. The van der Waals surface area contributed by atoms with Crippen molar-refractivity contribution in [2.45, 2.75) is 52.2 Å².